The van der Waals surface area contributed by atoms with Crippen LogP contribution in [0.2, 0.25) is 5.02 Å². The molecule has 2 aromatic rings. The van der Waals surface area contributed by atoms with E-state index in [4.69, 9.17) is 22.1 Å². The van der Waals surface area contributed by atoms with Crippen LogP contribution in [0.1, 0.15) is 23.6 Å². The van der Waals surface area contributed by atoms with E-state index in [1.807, 2.05) is 24.3 Å². The molecule has 144 valence electrons. The molecule has 0 amide bonds. The number of nitrogens with two attached hydrogens (primary N) is 1. The predicted octanol–water partition coefficient (Wildman–Crippen LogP) is 3.84. The number of nitrogens with one attached hydrogen (secondary N) is 1. The Morgan fingerprint density at radius 2 is 2.15 bits per heavy atom. The highest BCUT2D eigenvalue weighted by atomic mass is 127. The van der Waals surface area contributed by atoms with Crippen molar-refractivity contribution in [1.29, 1.82) is 0 Å². The number of nitrogens with zero attached hydrogens (tertiary/aromatic N) is 2. The van der Waals surface area contributed by atoms with E-state index in [2.05, 4.69) is 10.3 Å². The largest absolute Gasteiger partial charge is 0.493 e. The van der Waals surface area contributed by atoms with E-state index in [-0.39, 0.29) is 35.7 Å². The predicted molar refractivity (Wildman–Crippen MR) is 116 cm³/mol. The Balaban J connectivity index is 0.00000261. The Kier molecular flexibility index (Phi) is 7.66. The fraction of sp³-hybridized carbons (Fsp3) is 0.278. The number of nitro groups is 1. The molecule has 0 saturated carbocycles. The number of hydrogen-bond donors (Lipinski definition) is 2. The molecule has 1 unspecified atom stereocenters. The number of para-hydroxylation sites is 1. The van der Waals surface area contributed by atoms with E-state index in [1.165, 1.54) is 6.07 Å². The Hall–Kier alpha value is -2.07. The van der Waals surface area contributed by atoms with E-state index in [1.54, 1.807) is 12.1 Å². The smallest absolute Gasteiger partial charge is 0.274 e. The number of nitro benzene ring substituents is 1. The monoisotopic (exact) mass is 502 g/mol. The summed E-state index contributed by atoms with van der Waals surface area (Å²) in [5.41, 5.74) is 7.61. The third-order valence-corrected chi connectivity index (χ3v) is 4.42. The first kappa shape index (κ1) is 21.2. The van der Waals surface area contributed by atoms with E-state index < -0.39 is 4.92 Å². The van der Waals surface area contributed by atoms with Crippen LogP contribution in [0, 0.1) is 10.1 Å². The molecule has 7 nitrogen and oxygen atoms in total. The first-order valence-corrected chi connectivity index (χ1v) is 8.63. The summed E-state index contributed by atoms with van der Waals surface area (Å²) in [4.78, 5) is 15.0. The van der Waals surface area contributed by atoms with Crippen molar-refractivity contribution in [2.45, 2.75) is 18.9 Å². The summed E-state index contributed by atoms with van der Waals surface area (Å²) in [7, 11) is 0. The third kappa shape index (κ3) is 5.46. The minimum atomic E-state index is -0.439. The third-order valence-electron chi connectivity index (χ3n) is 4.19. The molecule has 3 N–H and O–H groups in total. The molecule has 1 atom stereocenters. The standard InChI is InChI=1S/C18H19ClN4O3.HI/c19-13-6-5-12(16(11-13)23(24)25)7-9-21-18(20)22-15-8-10-26-17-4-2-1-3-14(15)17;/h1-6,11,15H,7-10H2,(H3,20,21,22);1H. The summed E-state index contributed by atoms with van der Waals surface area (Å²) in [6.45, 7) is 0.950. The topological polar surface area (TPSA) is 103 Å². The normalized spacial score (nSPS) is 15.9. The van der Waals surface area contributed by atoms with Crippen molar-refractivity contribution < 1.29 is 9.66 Å². The fourth-order valence-electron chi connectivity index (χ4n) is 2.93. The molecule has 1 aliphatic heterocycles. The van der Waals surface area contributed by atoms with Gasteiger partial charge in [0.1, 0.15) is 5.75 Å². The maximum atomic E-state index is 11.1. The van der Waals surface area contributed by atoms with E-state index in [0.29, 0.717) is 36.1 Å². The molecule has 3 rings (SSSR count). The molecule has 0 aromatic heterocycles. The maximum Gasteiger partial charge on any atom is 0.274 e. The minimum Gasteiger partial charge on any atom is -0.493 e. The van der Waals surface area contributed by atoms with Crippen molar-refractivity contribution in [3.63, 3.8) is 0 Å². The van der Waals surface area contributed by atoms with Crippen LogP contribution in [-0.4, -0.2) is 24.0 Å². The van der Waals surface area contributed by atoms with E-state index in [0.717, 1.165) is 17.7 Å². The van der Waals surface area contributed by atoms with Crippen molar-refractivity contribution in [3.05, 3.63) is 68.7 Å². The zero-order valence-electron chi connectivity index (χ0n) is 14.4. The molecule has 1 aliphatic rings. The van der Waals surface area contributed by atoms with Crippen LogP contribution >= 0.6 is 35.6 Å². The van der Waals surface area contributed by atoms with Crippen molar-refractivity contribution in [2.75, 3.05) is 13.2 Å². The summed E-state index contributed by atoms with van der Waals surface area (Å²) in [6.07, 6.45) is 1.19. The van der Waals surface area contributed by atoms with Gasteiger partial charge in [-0.3, -0.25) is 15.1 Å². The lowest BCUT2D eigenvalue weighted by molar-refractivity contribution is -0.385. The highest BCUT2D eigenvalue weighted by molar-refractivity contribution is 14.0. The van der Waals surface area contributed by atoms with Crippen LogP contribution in [-0.2, 0) is 6.42 Å². The highest BCUT2D eigenvalue weighted by Crippen LogP contribution is 2.31. The van der Waals surface area contributed by atoms with Gasteiger partial charge in [-0.05, 0) is 18.6 Å². The number of guanidine groups is 1. The SMILES string of the molecule is I.NC(=NCCc1ccc(Cl)cc1[N+](=O)[O-])NC1CCOc2ccccc21. The lowest BCUT2D eigenvalue weighted by Gasteiger charge is -2.26. The van der Waals surface area contributed by atoms with E-state index in [9.17, 15) is 10.1 Å². The summed E-state index contributed by atoms with van der Waals surface area (Å²) in [5.74, 6) is 1.16. The molecule has 0 saturated heterocycles. The summed E-state index contributed by atoms with van der Waals surface area (Å²) < 4.78 is 5.62. The number of ether oxygens (including phenoxy) is 1. The van der Waals surface area contributed by atoms with Crippen molar-refractivity contribution in [2.24, 2.45) is 10.7 Å². The molecule has 1 heterocycles. The Morgan fingerprint density at radius 3 is 2.93 bits per heavy atom. The quantitative estimate of drug-likeness (QED) is 0.213. The van der Waals surface area contributed by atoms with Crippen LogP contribution in [0.25, 0.3) is 0 Å². The molecular formula is C18H20ClIN4O3. The molecule has 0 fully saturated rings. The number of aliphatic imine (C=N–C) groups is 1. The van der Waals surface area contributed by atoms with Gasteiger partial charge in [0.25, 0.3) is 5.69 Å². The molecule has 0 aliphatic carbocycles. The van der Waals surface area contributed by atoms with Gasteiger partial charge in [-0.2, -0.15) is 0 Å². The van der Waals surface area contributed by atoms with Crippen molar-refractivity contribution in [3.8, 4) is 5.75 Å². The summed E-state index contributed by atoms with van der Waals surface area (Å²) in [6, 6.07) is 12.5. The van der Waals surface area contributed by atoms with Crippen LogP contribution < -0.4 is 15.8 Å². The van der Waals surface area contributed by atoms with Crippen LogP contribution in [0.3, 0.4) is 0 Å². The van der Waals surface area contributed by atoms with Crippen molar-refractivity contribution in [1.82, 2.24) is 5.32 Å². The Morgan fingerprint density at radius 1 is 1.37 bits per heavy atom. The zero-order valence-corrected chi connectivity index (χ0v) is 17.5. The highest BCUT2D eigenvalue weighted by Gasteiger charge is 2.21. The zero-order chi connectivity index (χ0) is 18.5. The molecule has 2 aromatic carbocycles. The van der Waals surface area contributed by atoms with Gasteiger partial charge in [0.15, 0.2) is 5.96 Å². The van der Waals surface area contributed by atoms with E-state index >= 15 is 0 Å². The second-order valence-corrected chi connectivity index (χ2v) is 6.36. The van der Waals surface area contributed by atoms with Gasteiger partial charge in [-0.15, -0.1) is 24.0 Å². The van der Waals surface area contributed by atoms with Gasteiger partial charge < -0.3 is 15.8 Å². The molecule has 0 radical (unpaired) electrons. The summed E-state index contributed by atoms with van der Waals surface area (Å²) in [5, 5.41) is 14.6. The average Bonchev–Trinajstić information content (AvgIpc) is 2.63. The van der Waals surface area contributed by atoms with Gasteiger partial charge in [0.2, 0.25) is 0 Å². The first-order valence-electron chi connectivity index (χ1n) is 8.25. The molecule has 27 heavy (non-hydrogen) atoms. The number of benzene rings is 2. The van der Waals surface area contributed by atoms with Gasteiger partial charge >= 0.3 is 0 Å². The van der Waals surface area contributed by atoms with Crippen LogP contribution in [0.5, 0.6) is 5.75 Å². The number of hydrogen-bond acceptors (Lipinski definition) is 4. The van der Waals surface area contributed by atoms with Gasteiger partial charge in [-0.1, -0.05) is 35.9 Å². The molecule has 9 heteroatoms. The Labute approximate surface area is 179 Å². The number of halogens is 2. The van der Waals surface area contributed by atoms with Crippen LogP contribution in [0.15, 0.2) is 47.5 Å². The average molecular weight is 503 g/mol. The van der Waals surface area contributed by atoms with Gasteiger partial charge in [-0.25, -0.2) is 0 Å². The molecule has 0 spiro atoms. The Bertz CT molecular complexity index is 847. The number of fused-ring (bicyclic) bond motifs is 1. The second-order valence-electron chi connectivity index (χ2n) is 5.92. The first-order chi connectivity index (χ1) is 12.5. The minimum absolute atomic E-state index is 0. The van der Waals surface area contributed by atoms with Gasteiger partial charge in [0, 0.05) is 35.2 Å². The maximum absolute atomic E-state index is 11.1. The lowest BCUT2D eigenvalue weighted by atomic mass is 10.0. The van der Waals surface area contributed by atoms with Crippen LogP contribution in [0.4, 0.5) is 5.69 Å². The second kappa shape index (κ2) is 9.75. The molecule has 0 bridgehead atoms. The van der Waals surface area contributed by atoms with Gasteiger partial charge in [0.05, 0.1) is 17.6 Å². The fourth-order valence-corrected chi connectivity index (χ4v) is 3.10. The summed E-state index contributed by atoms with van der Waals surface area (Å²) >= 11 is 5.82. The molecular weight excluding hydrogens is 483 g/mol. The number of rotatable bonds is 5. The lowest BCUT2D eigenvalue weighted by Crippen LogP contribution is -2.37. The van der Waals surface area contributed by atoms with Crippen molar-refractivity contribution >= 4 is 47.2 Å².